The van der Waals surface area contributed by atoms with E-state index in [1.165, 1.54) is 24.0 Å². The molecule has 5 nitrogen and oxygen atoms in total. The van der Waals surface area contributed by atoms with Gasteiger partial charge in [0.15, 0.2) is 5.65 Å². The highest BCUT2D eigenvalue weighted by atomic mass is 19.1. The Morgan fingerprint density at radius 2 is 1.83 bits per heavy atom. The summed E-state index contributed by atoms with van der Waals surface area (Å²) in [5.74, 6) is 1.53. The lowest BCUT2D eigenvalue weighted by molar-refractivity contribution is 0.173. The summed E-state index contributed by atoms with van der Waals surface area (Å²) >= 11 is 0. The molecule has 1 N–H and O–H groups in total. The number of likely N-dealkylation sites (tertiary alicyclic amines) is 1. The maximum Gasteiger partial charge on any atom is 0.160 e. The number of aromatic nitrogens is 3. The fraction of sp³-hybridized carbons (Fsp3) is 0.400. The zero-order valence-electron chi connectivity index (χ0n) is 21.8. The number of hydrogen-bond donors (Lipinski definition) is 1. The summed E-state index contributed by atoms with van der Waals surface area (Å²) in [6, 6.07) is 18.5. The number of nitrogens with zero attached hydrogens (tertiary/aromatic N) is 4. The van der Waals surface area contributed by atoms with Gasteiger partial charge in [0.05, 0.1) is 11.9 Å². The second-order valence-electron chi connectivity index (χ2n) is 10.7. The summed E-state index contributed by atoms with van der Waals surface area (Å²) in [6.07, 6.45) is 4.27. The van der Waals surface area contributed by atoms with Crippen molar-refractivity contribution in [2.45, 2.75) is 52.8 Å². The predicted molar refractivity (Wildman–Crippen MR) is 145 cm³/mol. The van der Waals surface area contributed by atoms with Gasteiger partial charge in [-0.25, -0.2) is 9.37 Å². The van der Waals surface area contributed by atoms with Crippen LogP contribution in [0.5, 0.6) is 0 Å². The van der Waals surface area contributed by atoms with Gasteiger partial charge in [0.2, 0.25) is 0 Å². The first-order chi connectivity index (χ1) is 17.3. The molecule has 0 bridgehead atoms. The van der Waals surface area contributed by atoms with Crippen molar-refractivity contribution in [2.75, 3.05) is 25.0 Å². The molecule has 1 fully saturated rings. The van der Waals surface area contributed by atoms with E-state index in [-0.39, 0.29) is 0 Å². The molecular weight excluding hydrogens is 449 g/mol. The molecule has 5 rings (SSSR count). The van der Waals surface area contributed by atoms with Crippen LogP contribution in [-0.2, 0) is 12.2 Å². The van der Waals surface area contributed by atoms with Crippen LogP contribution in [0.2, 0.25) is 0 Å². The van der Waals surface area contributed by atoms with Crippen LogP contribution >= 0.6 is 0 Å². The first kappa shape index (κ1) is 24.4. The standard InChI is InChI=1S/C30H36FN5/c1-21-8-5-6-10-26(21)27-16-28(36-29(34-27)22(2)17-33-36)32-18-24-9-7-15-35(20-24)19-23-11-13-25(14-12-23)30(3,4)31/h5-6,8,10-14,16-17,24,32H,7,9,15,18-20H2,1-4H3. The van der Waals surface area contributed by atoms with Crippen LogP contribution in [0.4, 0.5) is 10.2 Å². The number of halogens is 1. The topological polar surface area (TPSA) is 45.5 Å². The molecule has 3 heterocycles. The first-order valence-electron chi connectivity index (χ1n) is 12.9. The third-order valence-electron chi connectivity index (χ3n) is 7.29. The quantitative estimate of drug-likeness (QED) is 0.323. The van der Waals surface area contributed by atoms with Crippen LogP contribution in [0.15, 0.2) is 60.8 Å². The molecule has 36 heavy (non-hydrogen) atoms. The molecule has 1 aliphatic heterocycles. The second-order valence-corrected chi connectivity index (χ2v) is 10.7. The Balaban J connectivity index is 1.28. The highest BCUT2D eigenvalue weighted by Crippen LogP contribution is 2.28. The van der Waals surface area contributed by atoms with E-state index in [9.17, 15) is 4.39 Å². The van der Waals surface area contributed by atoms with Gasteiger partial charge in [0, 0.05) is 36.8 Å². The first-order valence-corrected chi connectivity index (χ1v) is 12.9. The van der Waals surface area contributed by atoms with Gasteiger partial charge < -0.3 is 5.32 Å². The van der Waals surface area contributed by atoms with Crippen LogP contribution in [0.1, 0.15) is 48.9 Å². The van der Waals surface area contributed by atoms with Gasteiger partial charge in [-0.2, -0.15) is 9.61 Å². The largest absolute Gasteiger partial charge is 0.370 e. The van der Waals surface area contributed by atoms with Gasteiger partial charge in [-0.15, -0.1) is 0 Å². The lowest BCUT2D eigenvalue weighted by atomic mass is 9.96. The van der Waals surface area contributed by atoms with Gasteiger partial charge in [-0.3, -0.25) is 4.90 Å². The van der Waals surface area contributed by atoms with Gasteiger partial charge >= 0.3 is 0 Å². The Morgan fingerprint density at radius 1 is 1.06 bits per heavy atom. The Kier molecular flexibility index (Phi) is 6.80. The van der Waals surface area contributed by atoms with Crippen molar-refractivity contribution < 1.29 is 4.39 Å². The molecule has 0 saturated carbocycles. The number of benzene rings is 2. The van der Waals surface area contributed by atoms with E-state index in [1.807, 2.05) is 22.8 Å². The monoisotopic (exact) mass is 485 g/mol. The van der Waals surface area contributed by atoms with Crippen molar-refractivity contribution >= 4 is 11.5 Å². The van der Waals surface area contributed by atoms with E-state index in [0.717, 1.165) is 60.0 Å². The maximum atomic E-state index is 14.2. The molecule has 2 aromatic carbocycles. The van der Waals surface area contributed by atoms with Crippen LogP contribution in [0.25, 0.3) is 16.9 Å². The molecule has 1 aliphatic rings. The Hall–Kier alpha value is -3.25. The summed E-state index contributed by atoms with van der Waals surface area (Å²) < 4.78 is 16.1. The SMILES string of the molecule is Cc1ccccc1-c1cc(NCC2CCCN(Cc3ccc(C(C)(C)F)cc3)C2)n2ncc(C)c2n1. The molecule has 1 saturated heterocycles. The Bertz CT molecular complexity index is 1340. The number of aryl methyl sites for hydroxylation is 2. The summed E-state index contributed by atoms with van der Waals surface area (Å²) in [5.41, 5.74) is 5.96. The summed E-state index contributed by atoms with van der Waals surface area (Å²) in [4.78, 5) is 7.45. The summed E-state index contributed by atoms with van der Waals surface area (Å²) in [5, 5.41) is 8.29. The van der Waals surface area contributed by atoms with E-state index in [4.69, 9.17) is 4.98 Å². The average molecular weight is 486 g/mol. The molecule has 0 radical (unpaired) electrons. The van der Waals surface area contributed by atoms with Crippen molar-refractivity contribution in [2.24, 2.45) is 5.92 Å². The maximum absolute atomic E-state index is 14.2. The van der Waals surface area contributed by atoms with Crippen molar-refractivity contribution in [3.63, 3.8) is 0 Å². The van der Waals surface area contributed by atoms with E-state index in [1.54, 1.807) is 13.8 Å². The molecule has 188 valence electrons. The third-order valence-corrected chi connectivity index (χ3v) is 7.29. The zero-order valence-corrected chi connectivity index (χ0v) is 21.8. The normalized spacial score (nSPS) is 17.0. The van der Waals surface area contributed by atoms with Crippen molar-refractivity contribution in [3.05, 3.63) is 83.0 Å². The molecule has 6 heteroatoms. The Morgan fingerprint density at radius 3 is 2.58 bits per heavy atom. The smallest absolute Gasteiger partial charge is 0.160 e. The predicted octanol–water partition coefficient (Wildman–Crippen LogP) is 6.54. The zero-order chi connectivity index (χ0) is 25.3. The fourth-order valence-corrected chi connectivity index (χ4v) is 5.17. The minimum absolute atomic E-state index is 0.546. The second kappa shape index (κ2) is 10.0. The van der Waals surface area contributed by atoms with Crippen molar-refractivity contribution in [1.82, 2.24) is 19.5 Å². The van der Waals surface area contributed by atoms with Crippen LogP contribution in [-0.4, -0.2) is 39.1 Å². The fourth-order valence-electron chi connectivity index (χ4n) is 5.17. The lowest BCUT2D eigenvalue weighted by Crippen LogP contribution is -2.37. The number of alkyl halides is 1. The van der Waals surface area contributed by atoms with Crippen LogP contribution < -0.4 is 5.32 Å². The minimum atomic E-state index is -1.30. The highest BCUT2D eigenvalue weighted by Gasteiger charge is 2.22. The van der Waals surface area contributed by atoms with Crippen molar-refractivity contribution in [1.29, 1.82) is 0 Å². The third kappa shape index (κ3) is 5.29. The lowest BCUT2D eigenvalue weighted by Gasteiger charge is -2.33. The van der Waals surface area contributed by atoms with Gasteiger partial charge in [0.1, 0.15) is 11.5 Å². The highest BCUT2D eigenvalue weighted by molar-refractivity contribution is 5.70. The molecular formula is C30H36FN5. The van der Waals surface area contributed by atoms with Gasteiger partial charge in [-0.1, -0.05) is 48.5 Å². The molecule has 0 aliphatic carbocycles. The van der Waals surface area contributed by atoms with Gasteiger partial charge in [0.25, 0.3) is 0 Å². The van der Waals surface area contributed by atoms with Crippen molar-refractivity contribution in [3.8, 4) is 11.3 Å². The average Bonchev–Trinajstić information content (AvgIpc) is 3.23. The Labute approximate surface area is 213 Å². The number of rotatable bonds is 7. The summed E-state index contributed by atoms with van der Waals surface area (Å²) in [7, 11) is 0. The number of anilines is 1. The molecule has 0 amide bonds. The number of piperidine rings is 1. The number of nitrogens with one attached hydrogen (secondary N) is 1. The van der Waals surface area contributed by atoms with Crippen LogP contribution in [0.3, 0.4) is 0 Å². The van der Waals surface area contributed by atoms with E-state index in [0.29, 0.717) is 5.92 Å². The molecule has 0 spiro atoms. The molecule has 1 atom stereocenters. The van der Waals surface area contributed by atoms with Crippen LogP contribution in [0, 0.1) is 19.8 Å². The molecule has 4 aromatic rings. The minimum Gasteiger partial charge on any atom is -0.370 e. The van der Waals surface area contributed by atoms with E-state index >= 15 is 0 Å². The number of hydrogen-bond acceptors (Lipinski definition) is 4. The molecule has 1 unspecified atom stereocenters. The van der Waals surface area contributed by atoms with E-state index in [2.05, 4.69) is 71.6 Å². The number of fused-ring (bicyclic) bond motifs is 1. The molecule has 2 aromatic heterocycles. The van der Waals surface area contributed by atoms with Gasteiger partial charge in [-0.05, 0) is 69.7 Å². The summed E-state index contributed by atoms with van der Waals surface area (Å²) in [6.45, 7) is 11.3. The van der Waals surface area contributed by atoms with E-state index < -0.39 is 5.67 Å².